The van der Waals surface area contributed by atoms with Gasteiger partial charge in [-0.05, 0) is 51.1 Å². The molecule has 0 radical (unpaired) electrons. The number of para-hydroxylation sites is 1. The van der Waals surface area contributed by atoms with Gasteiger partial charge in [0.15, 0.2) is 0 Å². The Balaban J connectivity index is 1.64. The third-order valence-corrected chi connectivity index (χ3v) is 4.55. The van der Waals surface area contributed by atoms with Crippen molar-refractivity contribution < 1.29 is 14.0 Å². The van der Waals surface area contributed by atoms with Crippen molar-refractivity contribution in [1.29, 1.82) is 0 Å². The van der Waals surface area contributed by atoms with Gasteiger partial charge in [0.1, 0.15) is 11.9 Å². The molecule has 2 N–H and O–H groups in total. The van der Waals surface area contributed by atoms with Crippen molar-refractivity contribution in [1.82, 2.24) is 15.3 Å². The monoisotopic (exact) mass is 394 g/mol. The average Bonchev–Trinajstić information content (AvgIpc) is 3.07. The van der Waals surface area contributed by atoms with Crippen LogP contribution in [-0.4, -0.2) is 28.6 Å². The summed E-state index contributed by atoms with van der Waals surface area (Å²) in [5.41, 5.74) is 4.70. The smallest absolute Gasteiger partial charge is 0.262 e. The number of nitrogens with zero attached hydrogens (tertiary/aromatic N) is 2. The van der Waals surface area contributed by atoms with Gasteiger partial charge in [0.05, 0.1) is 6.21 Å². The molecular weight excluding hydrogens is 371 g/mol. The summed E-state index contributed by atoms with van der Waals surface area (Å²) in [6.07, 6.45) is 3.58. The minimum absolute atomic E-state index is 0.274. The van der Waals surface area contributed by atoms with E-state index < -0.39 is 23.7 Å². The Labute approximate surface area is 168 Å². The topological polar surface area (TPSA) is 75.5 Å². The zero-order chi connectivity index (χ0) is 21.0. The summed E-state index contributed by atoms with van der Waals surface area (Å²) in [5.74, 6) is -1.35. The van der Waals surface area contributed by atoms with Crippen molar-refractivity contribution in [3.8, 4) is 0 Å². The fourth-order valence-corrected chi connectivity index (χ4v) is 2.97. The quantitative estimate of drug-likeness (QED) is 0.495. The Bertz CT molecular complexity index is 1050. The molecule has 6 nitrogen and oxygen atoms in total. The van der Waals surface area contributed by atoms with Crippen LogP contribution in [0.25, 0.3) is 10.9 Å². The fraction of sp³-hybridized carbons (Fsp3) is 0.227. The molecule has 0 bridgehead atoms. The molecule has 2 amide bonds. The van der Waals surface area contributed by atoms with Gasteiger partial charge in [0.2, 0.25) is 0 Å². The van der Waals surface area contributed by atoms with Gasteiger partial charge >= 0.3 is 0 Å². The fourth-order valence-electron chi connectivity index (χ4n) is 2.97. The van der Waals surface area contributed by atoms with Crippen LogP contribution in [0.3, 0.4) is 0 Å². The molecule has 2 aromatic carbocycles. The van der Waals surface area contributed by atoms with Gasteiger partial charge in [-0.2, -0.15) is 5.10 Å². The number of halogens is 1. The number of fused-ring (bicyclic) bond motifs is 1. The minimum atomic E-state index is -0.804. The average molecular weight is 394 g/mol. The van der Waals surface area contributed by atoms with E-state index in [-0.39, 0.29) is 5.56 Å². The molecular formula is C22H23FN4O2. The summed E-state index contributed by atoms with van der Waals surface area (Å²) in [4.78, 5) is 24.4. The van der Waals surface area contributed by atoms with Gasteiger partial charge < -0.3 is 9.88 Å². The van der Waals surface area contributed by atoms with Crippen molar-refractivity contribution >= 4 is 28.9 Å². The van der Waals surface area contributed by atoms with E-state index in [4.69, 9.17) is 0 Å². The molecule has 150 valence electrons. The van der Waals surface area contributed by atoms with E-state index in [9.17, 15) is 14.0 Å². The van der Waals surface area contributed by atoms with Gasteiger partial charge in [-0.1, -0.05) is 18.2 Å². The number of hydrogen-bond donors (Lipinski definition) is 2. The molecule has 7 heteroatoms. The first-order valence-electron chi connectivity index (χ1n) is 9.35. The highest BCUT2D eigenvalue weighted by molar-refractivity contribution is 6.00. The zero-order valence-electron chi connectivity index (χ0n) is 16.5. The predicted octanol–water partition coefficient (Wildman–Crippen LogP) is 3.63. The highest BCUT2D eigenvalue weighted by Gasteiger charge is 2.16. The van der Waals surface area contributed by atoms with Crippen LogP contribution in [0.5, 0.6) is 0 Å². The number of carbonyl (C=O) groups excluding carboxylic acids is 2. The maximum atomic E-state index is 13.0. The Hall–Kier alpha value is -3.48. The normalized spacial score (nSPS) is 12.4. The van der Waals surface area contributed by atoms with Crippen LogP contribution in [0.1, 0.15) is 42.7 Å². The molecule has 0 unspecified atom stereocenters. The molecule has 1 atom stereocenters. The van der Waals surface area contributed by atoms with Crippen molar-refractivity contribution in [2.75, 3.05) is 0 Å². The molecule has 29 heavy (non-hydrogen) atoms. The van der Waals surface area contributed by atoms with Crippen molar-refractivity contribution in [2.24, 2.45) is 5.10 Å². The summed E-state index contributed by atoms with van der Waals surface area (Å²) >= 11 is 0. The van der Waals surface area contributed by atoms with Crippen LogP contribution in [-0.2, 0) is 4.79 Å². The molecule has 3 aromatic rings. The number of nitrogens with one attached hydrogen (secondary N) is 2. The van der Waals surface area contributed by atoms with E-state index >= 15 is 0 Å². The SMILES string of the molecule is CC(C)n1cc(/C=N\NC(=O)[C@@H](C)NC(=O)c2ccc(F)cc2)c2ccccc21. The summed E-state index contributed by atoms with van der Waals surface area (Å²) in [7, 11) is 0. The molecule has 3 rings (SSSR count). The number of hydrazone groups is 1. The first kappa shape index (κ1) is 20.3. The molecule has 0 saturated carbocycles. The Kier molecular flexibility index (Phi) is 6.07. The lowest BCUT2D eigenvalue weighted by atomic mass is 10.2. The second-order valence-electron chi connectivity index (χ2n) is 7.04. The van der Waals surface area contributed by atoms with E-state index in [1.165, 1.54) is 24.3 Å². The number of carbonyl (C=O) groups is 2. The van der Waals surface area contributed by atoms with Crippen LogP contribution in [0, 0.1) is 5.82 Å². The van der Waals surface area contributed by atoms with Crippen LogP contribution >= 0.6 is 0 Å². The number of amides is 2. The van der Waals surface area contributed by atoms with E-state index in [2.05, 4.69) is 34.3 Å². The van der Waals surface area contributed by atoms with Crippen molar-refractivity contribution in [2.45, 2.75) is 32.9 Å². The van der Waals surface area contributed by atoms with Crippen LogP contribution < -0.4 is 10.7 Å². The van der Waals surface area contributed by atoms with Gasteiger partial charge in [-0.3, -0.25) is 9.59 Å². The van der Waals surface area contributed by atoms with Gasteiger partial charge in [-0.15, -0.1) is 0 Å². The van der Waals surface area contributed by atoms with Gasteiger partial charge in [0, 0.05) is 34.3 Å². The molecule has 1 heterocycles. The highest BCUT2D eigenvalue weighted by Crippen LogP contribution is 2.23. The number of benzene rings is 2. The second kappa shape index (κ2) is 8.68. The summed E-state index contributed by atoms with van der Waals surface area (Å²) in [6.45, 7) is 5.75. The number of aromatic nitrogens is 1. The Morgan fingerprint density at radius 2 is 1.76 bits per heavy atom. The first-order chi connectivity index (χ1) is 13.9. The standard InChI is InChI=1S/C22H23FN4O2/c1-14(2)27-13-17(19-6-4-5-7-20(19)27)12-24-26-21(28)15(3)25-22(29)16-8-10-18(23)11-9-16/h4-15H,1-3H3,(H,25,29)(H,26,28)/b24-12-/t15-/m1/s1. The van der Waals surface area contributed by atoms with Crippen LogP contribution in [0.2, 0.25) is 0 Å². The van der Waals surface area contributed by atoms with Gasteiger partial charge in [-0.25, -0.2) is 9.82 Å². The molecule has 1 aromatic heterocycles. The molecule has 0 aliphatic heterocycles. The lowest BCUT2D eigenvalue weighted by molar-refractivity contribution is -0.122. The number of rotatable bonds is 6. The summed E-state index contributed by atoms with van der Waals surface area (Å²) in [6, 6.07) is 12.6. The largest absolute Gasteiger partial charge is 0.344 e. The van der Waals surface area contributed by atoms with Crippen molar-refractivity contribution in [3.63, 3.8) is 0 Å². The Morgan fingerprint density at radius 1 is 1.07 bits per heavy atom. The van der Waals surface area contributed by atoms with E-state index in [1.807, 2.05) is 30.5 Å². The van der Waals surface area contributed by atoms with E-state index in [0.29, 0.717) is 6.04 Å². The highest BCUT2D eigenvalue weighted by atomic mass is 19.1. The molecule has 0 spiro atoms. The third-order valence-electron chi connectivity index (χ3n) is 4.55. The van der Waals surface area contributed by atoms with Crippen molar-refractivity contribution in [3.05, 3.63) is 71.7 Å². The molecule has 0 aliphatic carbocycles. The molecule has 0 aliphatic rings. The van der Waals surface area contributed by atoms with E-state index in [0.717, 1.165) is 16.5 Å². The molecule has 0 saturated heterocycles. The second-order valence-corrected chi connectivity index (χ2v) is 7.04. The van der Waals surface area contributed by atoms with E-state index in [1.54, 1.807) is 13.1 Å². The van der Waals surface area contributed by atoms with Gasteiger partial charge in [0.25, 0.3) is 11.8 Å². The maximum absolute atomic E-state index is 13.0. The summed E-state index contributed by atoms with van der Waals surface area (Å²) in [5, 5.41) is 7.64. The Morgan fingerprint density at radius 3 is 2.45 bits per heavy atom. The predicted molar refractivity (Wildman–Crippen MR) is 111 cm³/mol. The summed E-state index contributed by atoms with van der Waals surface area (Å²) < 4.78 is 15.1. The minimum Gasteiger partial charge on any atom is -0.344 e. The number of hydrogen-bond acceptors (Lipinski definition) is 3. The third kappa shape index (κ3) is 4.68. The zero-order valence-corrected chi connectivity index (χ0v) is 16.5. The lowest BCUT2D eigenvalue weighted by Gasteiger charge is -2.12. The van der Waals surface area contributed by atoms with Crippen LogP contribution in [0.15, 0.2) is 59.8 Å². The maximum Gasteiger partial charge on any atom is 0.262 e. The lowest BCUT2D eigenvalue weighted by Crippen LogP contribution is -2.43. The first-order valence-corrected chi connectivity index (χ1v) is 9.35. The molecule has 0 fully saturated rings. The van der Waals surface area contributed by atoms with Crippen LogP contribution in [0.4, 0.5) is 4.39 Å².